The zero-order valence-corrected chi connectivity index (χ0v) is 15.7. The summed E-state index contributed by atoms with van der Waals surface area (Å²) in [6.45, 7) is 7.48. The number of carbonyl (C=O) groups is 1. The molecule has 1 aromatic heterocycles. The summed E-state index contributed by atoms with van der Waals surface area (Å²) < 4.78 is 7.51. The van der Waals surface area contributed by atoms with Gasteiger partial charge in [0.25, 0.3) is 0 Å². The molecule has 0 spiro atoms. The SMILES string of the molecule is Cc1ccc(-n2c(C)nnc2SCC(=O)NC[C@@H]2CCCO2)cc1C. The van der Waals surface area contributed by atoms with E-state index in [1.807, 2.05) is 11.5 Å². The first-order valence-corrected chi connectivity index (χ1v) is 9.54. The zero-order valence-electron chi connectivity index (χ0n) is 14.9. The van der Waals surface area contributed by atoms with Gasteiger partial charge in [0.15, 0.2) is 5.16 Å². The van der Waals surface area contributed by atoms with Crippen LogP contribution in [0.25, 0.3) is 5.69 Å². The van der Waals surface area contributed by atoms with Crippen LogP contribution in [-0.4, -0.2) is 45.7 Å². The molecule has 1 atom stereocenters. The molecule has 0 saturated carbocycles. The van der Waals surface area contributed by atoms with Crippen molar-refractivity contribution in [2.45, 2.75) is 44.9 Å². The third kappa shape index (κ3) is 4.41. The molecule has 0 aliphatic carbocycles. The highest BCUT2D eigenvalue weighted by molar-refractivity contribution is 7.99. The van der Waals surface area contributed by atoms with Crippen LogP contribution in [0.15, 0.2) is 23.4 Å². The van der Waals surface area contributed by atoms with Crippen LogP contribution in [0.3, 0.4) is 0 Å². The first-order valence-electron chi connectivity index (χ1n) is 8.55. The second-order valence-corrected chi connectivity index (χ2v) is 7.30. The Morgan fingerprint density at radius 3 is 2.88 bits per heavy atom. The smallest absolute Gasteiger partial charge is 0.230 e. The van der Waals surface area contributed by atoms with Crippen LogP contribution in [0.4, 0.5) is 0 Å². The van der Waals surface area contributed by atoms with Gasteiger partial charge in [-0.3, -0.25) is 9.36 Å². The number of hydrogen-bond acceptors (Lipinski definition) is 5. The summed E-state index contributed by atoms with van der Waals surface area (Å²) in [5.41, 5.74) is 3.49. The van der Waals surface area contributed by atoms with Crippen LogP contribution in [0.2, 0.25) is 0 Å². The van der Waals surface area contributed by atoms with Crippen molar-refractivity contribution in [1.29, 1.82) is 0 Å². The number of rotatable bonds is 6. The van der Waals surface area contributed by atoms with Crippen molar-refractivity contribution in [3.63, 3.8) is 0 Å². The molecule has 1 aromatic carbocycles. The molecule has 0 unspecified atom stereocenters. The lowest BCUT2D eigenvalue weighted by Gasteiger charge is -2.12. The molecule has 2 heterocycles. The minimum atomic E-state index is -0.00668. The fourth-order valence-electron chi connectivity index (χ4n) is 2.81. The lowest BCUT2D eigenvalue weighted by atomic mass is 10.1. The van der Waals surface area contributed by atoms with E-state index >= 15 is 0 Å². The van der Waals surface area contributed by atoms with Gasteiger partial charge in [0.05, 0.1) is 11.9 Å². The zero-order chi connectivity index (χ0) is 17.8. The minimum absolute atomic E-state index is 0.00668. The highest BCUT2D eigenvalue weighted by Gasteiger charge is 2.17. The molecule has 1 aliphatic heterocycles. The van der Waals surface area contributed by atoms with Crippen LogP contribution in [0.5, 0.6) is 0 Å². The fraction of sp³-hybridized carbons (Fsp3) is 0.500. The van der Waals surface area contributed by atoms with Gasteiger partial charge in [0, 0.05) is 18.8 Å². The van der Waals surface area contributed by atoms with E-state index in [0.717, 1.165) is 36.1 Å². The molecule has 7 heteroatoms. The second-order valence-electron chi connectivity index (χ2n) is 6.36. The molecule has 1 saturated heterocycles. The van der Waals surface area contributed by atoms with E-state index in [9.17, 15) is 4.79 Å². The fourth-order valence-corrected chi connectivity index (χ4v) is 3.64. The molecule has 6 nitrogen and oxygen atoms in total. The number of benzene rings is 1. The average Bonchev–Trinajstić information content (AvgIpc) is 3.23. The second kappa shape index (κ2) is 8.01. The van der Waals surface area contributed by atoms with Gasteiger partial charge in [0.2, 0.25) is 5.91 Å². The van der Waals surface area contributed by atoms with Crippen LogP contribution >= 0.6 is 11.8 Å². The van der Waals surface area contributed by atoms with E-state index in [4.69, 9.17) is 4.74 Å². The summed E-state index contributed by atoms with van der Waals surface area (Å²) in [7, 11) is 0. The number of amides is 1. The van der Waals surface area contributed by atoms with Crippen LogP contribution in [0.1, 0.15) is 29.8 Å². The van der Waals surface area contributed by atoms with Gasteiger partial charge in [-0.05, 0) is 56.9 Å². The Morgan fingerprint density at radius 1 is 1.32 bits per heavy atom. The Labute approximate surface area is 152 Å². The van der Waals surface area contributed by atoms with Gasteiger partial charge in [-0.15, -0.1) is 10.2 Å². The van der Waals surface area contributed by atoms with E-state index in [1.54, 1.807) is 0 Å². The Hall–Kier alpha value is -1.86. The summed E-state index contributed by atoms with van der Waals surface area (Å²) in [5, 5.41) is 12.1. The number of hydrogen-bond donors (Lipinski definition) is 1. The standard InChI is InChI=1S/C18H24N4O2S/c1-12-6-7-15(9-13(12)2)22-14(3)20-21-18(22)25-11-17(23)19-10-16-5-4-8-24-16/h6-7,9,16H,4-5,8,10-11H2,1-3H3,(H,19,23)/t16-/m0/s1. The molecule has 0 bridgehead atoms. The van der Waals surface area contributed by atoms with Gasteiger partial charge in [-0.2, -0.15) is 0 Å². The normalized spacial score (nSPS) is 17.0. The highest BCUT2D eigenvalue weighted by Crippen LogP contribution is 2.23. The summed E-state index contributed by atoms with van der Waals surface area (Å²) >= 11 is 1.40. The number of ether oxygens (including phenoxy) is 1. The van der Waals surface area contributed by atoms with Crippen molar-refractivity contribution in [1.82, 2.24) is 20.1 Å². The first-order chi connectivity index (χ1) is 12.0. The number of thioether (sulfide) groups is 1. The largest absolute Gasteiger partial charge is 0.376 e. The van der Waals surface area contributed by atoms with Crippen molar-refractivity contribution < 1.29 is 9.53 Å². The van der Waals surface area contributed by atoms with Gasteiger partial charge >= 0.3 is 0 Å². The van der Waals surface area contributed by atoms with Crippen molar-refractivity contribution in [3.8, 4) is 5.69 Å². The topological polar surface area (TPSA) is 69.0 Å². The van der Waals surface area contributed by atoms with Gasteiger partial charge in [-0.1, -0.05) is 17.8 Å². The van der Waals surface area contributed by atoms with E-state index in [1.165, 1.54) is 22.9 Å². The first kappa shape index (κ1) is 17.9. The van der Waals surface area contributed by atoms with E-state index in [-0.39, 0.29) is 12.0 Å². The van der Waals surface area contributed by atoms with E-state index < -0.39 is 0 Å². The predicted octanol–water partition coefficient (Wildman–Crippen LogP) is 2.58. The highest BCUT2D eigenvalue weighted by atomic mass is 32.2. The molecule has 3 rings (SSSR count). The molecular weight excluding hydrogens is 336 g/mol. The number of nitrogens with one attached hydrogen (secondary N) is 1. The number of aryl methyl sites for hydroxylation is 3. The van der Waals surface area contributed by atoms with E-state index in [2.05, 4.69) is 47.6 Å². The number of carbonyl (C=O) groups excluding carboxylic acids is 1. The molecule has 1 amide bonds. The number of nitrogens with zero attached hydrogens (tertiary/aromatic N) is 3. The number of aromatic nitrogens is 3. The molecule has 25 heavy (non-hydrogen) atoms. The molecule has 1 aliphatic rings. The molecule has 0 radical (unpaired) electrons. The molecule has 1 fully saturated rings. The van der Waals surface area contributed by atoms with E-state index in [0.29, 0.717) is 12.3 Å². The monoisotopic (exact) mass is 360 g/mol. The minimum Gasteiger partial charge on any atom is -0.376 e. The maximum atomic E-state index is 12.1. The van der Waals surface area contributed by atoms with Crippen molar-refractivity contribution in [3.05, 3.63) is 35.2 Å². The Bertz CT molecular complexity index is 754. The molecule has 2 aromatic rings. The maximum absolute atomic E-state index is 12.1. The molecule has 1 N–H and O–H groups in total. The average molecular weight is 360 g/mol. The summed E-state index contributed by atoms with van der Waals surface area (Å²) in [5.74, 6) is 1.12. The van der Waals surface area contributed by atoms with Gasteiger partial charge in [-0.25, -0.2) is 0 Å². The molecular formula is C18H24N4O2S. The van der Waals surface area contributed by atoms with Crippen LogP contribution in [0, 0.1) is 20.8 Å². The van der Waals surface area contributed by atoms with Crippen molar-refractivity contribution in [2.75, 3.05) is 18.9 Å². The Morgan fingerprint density at radius 2 is 2.16 bits per heavy atom. The van der Waals surface area contributed by atoms with Gasteiger partial charge in [0.1, 0.15) is 5.82 Å². The Kier molecular flexibility index (Phi) is 5.75. The third-order valence-electron chi connectivity index (χ3n) is 4.43. The lowest BCUT2D eigenvalue weighted by Crippen LogP contribution is -2.32. The van der Waals surface area contributed by atoms with Crippen LogP contribution < -0.4 is 5.32 Å². The van der Waals surface area contributed by atoms with Crippen LogP contribution in [-0.2, 0) is 9.53 Å². The predicted molar refractivity (Wildman–Crippen MR) is 98.3 cm³/mol. The third-order valence-corrected chi connectivity index (χ3v) is 5.36. The Balaban J connectivity index is 1.63. The summed E-state index contributed by atoms with van der Waals surface area (Å²) in [6.07, 6.45) is 2.26. The summed E-state index contributed by atoms with van der Waals surface area (Å²) in [4.78, 5) is 12.1. The maximum Gasteiger partial charge on any atom is 0.230 e. The molecule has 134 valence electrons. The summed E-state index contributed by atoms with van der Waals surface area (Å²) in [6, 6.07) is 6.26. The quantitative estimate of drug-likeness (QED) is 0.802. The lowest BCUT2D eigenvalue weighted by molar-refractivity contribution is -0.119. The van der Waals surface area contributed by atoms with Gasteiger partial charge < -0.3 is 10.1 Å². The van der Waals surface area contributed by atoms with Crippen molar-refractivity contribution >= 4 is 17.7 Å². The van der Waals surface area contributed by atoms with Crippen molar-refractivity contribution in [2.24, 2.45) is 0 Å².